The molecule has 3 unspecified atom stereocenters. The average molecular weight is 215 g/mol. The standard InChI is InChI=1S/C12H25NS/c1-5-6-7-8-9-12(4)10(2)13-11(3)14-12/h10-11,13H,5-9H2,1-4H3. The van der Waals surface area contributed by atoms with E-state index in [0.717, 1.165) is 0 Å². The van der Waals surface area contributed by atoms with Gasteiger partial charge in [0.2, 0.25) is 0 Å². The van der Waals surface area contributed by atoms with E-state index in [0.29, 0.717) is 16.2 Å². The third kappa shape index (κ3) is 3.16. The third-order valence-electron chi connectivity index (χ3n) is 3.37. The molecule has 14 heavy (non-hydrogen) atoms. The number of rotatable bonds is 5. The van der Waals surface area contributed by atoms with Crippen LogP contribution in [0, 0.1) is 0 Å². The van der Waals surface area contributed by atoms with Crippen LogP contribution in [0.5, 0.6) is 0 Å². The van der Waals surface area contributed by atoms with Crippen LogP contribution in [0.2, 0.25) is 0 Å². The van der Waals surface area contributed by atoms with Crippen LogP contribution < -0.4 is 5.32 Å². The van der Waals surface area contributed by atoms with Gasteiger partial charge in [0.25, 0.3) is 0 Å². The highest BCUT2D eigenvalue weighted by Crippen LogP contribution is 2.41. The van der Waals surface area contributed by atoms with Gasteiger partial charge in [-0.05, 0) is 27.2 Å². The number of hydrogen-bond acceptors (Lipinski definition) is 2. The molecule has 0 aliphatic carbocycles. The minimum Gasteiger partial charge on any atom is -0.302 e. The minimum atomic E-state index is 0.479. The molecule has 3 atom stereocenters. The number of nitrogens with one attached hydrogen (secondary N) is 1. The molecule has 1 N–H and O–H groups in total. The molecule has 0 aromatic heterocycles. The molecule has 1 nitrogen and oxygen atoms in total. The summed E-state index contributed by atoms with van der Waals surface area (Å²) in [6.07, 6.45) is 6.92. The predicted molar refractivity (Wildman–Crippen MR) is 66.8 cm³/mol. The quantitative estimate of drug-likeness (QED) is 0.700. The van der Waals surface area contributed by atoms with Gasteiger partial charge in [0.1, 0.15) is 0 Å². The zero-order valence-electron chi connectivity index (χ0n) is 10.1. The fraction of sp³-hybridized carbons (Fsp3) is 1.00. The first-order valence-electron chi connectivity index (χ1n) is 6.02. The van der Waals surface area contributed by atoms with Gasteiger partial charge in [-0.15, -0.1) is 11.8 Å². The lowest BCUT2D eigenvalue weighted by atomic mass is 9.95. The van der Waals surface area contributed by atoms with Crippen LogP contribution in [0.3, 0.4) is 0 Å². The molecule has 0 spiro atoms. The Hall–Kier alpha value is 0.310. The van der Waals surface area contributed by atoms with E-state index in [4.69, 9.17) is 0 Å². The van der Waals surface area contributed by atoms with Gasteiger partial charge in [-0.1, -0.05) is 32.6 Å². The van der Waals surface area contributed by atoms with Gasteiger partial charge in [-0.25, -0.2) is 0 Å². The molecule has 1 saturated heterocycles. The highest BCUT2D eigenvalue weighted by Gasteiger charge is 2.39. The molecule has 0 amide bonds. The lowest BCUT2D eigenvalue weighted by Gasteiger charge is -2.27. The van der Waals surface area contributed by atoms with Gasteiger partial charge >= 0.3 is 0 Å². The van der Waals surface area contributed by atoms with Crippen molar-refractivity contribution in [2.75, 3.05) is 0 Å². The van der Waals surface area contributed by atoms with Crippen molar-refractivity contribution in [3.05, 3.63) is 0 Å². The molecule has 0 radical (unpaired) electrons. The van der Waals surface area contributed by atoms with Crippen LogP contribution in [0.4, 0.5) is 0 Å². The molecule has 0 aromatic rings. The van der Waals surface area contributed by atoms with Crippen LogP contribution in [0.15, 0.2) is 0 Å². The van der Waals surface area contributed by atoms with E-state index in [1.54, 1.807) is 0 Å². The first-order valence-corrected chi connectivity index (χ1v) is 6.90. The van der Waals surface area contributed by atoms with E-state index < -0.39 is 0 Å². The summed E-state index contributed by atoms with van der Waals surface area (Å²) in [6.45, 7) is 9.30. The van der Waals surface area contributed by atoms with Crippen molar-refractivity contribution < 1.29 is 0 Å². The molecule has 1 rings (SSSR count). The highest BCUT2D eigenvalue weighted by molar-refractivity contribution is 8.01. The Balaban J connectivity index is 2.27. The summed E-state index contributed by atoms with van der Waals surface area (Å²) in [6, 6.07) is 0.670. The van der Waals surface area contributed by atoms with Crippen molar-refractivity contribution in [3.63, 3.8) is 0 Å². The monoisotopic (exact) mass is 215 g/mol. The first-order chi connectivity index (χ1) is 6.58. The van der Waals surface area contributed by atoms with Gasteiger partial charge < -0.3 is 5.32 Å². The summed E-state index contributed by atoms with van der Waals surface area (Å²) < 4.78 is 0.479. The fourth-order valence-electron chi connectivity index (χ4n) is 2.25. The fourth-order valence-corrected chi connectivity index (χ4v) is 3.86. The van der Waals surface area contributed by atoms with Crippen LogP contribution in [0.1, 0.15) is 59.8 Å². The Morgan fingerprint density at radius 1 is 1.21 bits per heavy atom. The maximum Gasteiger partial charge on any atom is 0.0512 e. The molecule has 1 aliphatic heterocycles. The van der Waals surface area contributed by atoms with Crippen molar-refractivity contribution >= 4 is 11.8 Å². The Morgan fingerprint density at radius 3 is 2.43 bits per heavy atom. The smallest absolute Gasteiger partial charge is 0.0512 e. The number of hydrogen-bond donors (Lipinski definition) is 1. The normalized spacial score (nSPS) is 37.7. The number of unbranched alkanes of at least 4 members (excludes halogenated alkanes) is 3. The lowest BCUT2D eigenvalue weighted by Crippen LogP contribution is -2.36. The van der Waals surface area contributed by atoms with Gasteiger partial charge in [0, 0.05) is 10.8 Å². The molecular formula is C12H25NS. The zero-order chi connectivity index (χ0) is 10.6. The van der Waals surface area contributed by atoms with E-state index in [-0.39, 0.29) is 0 Å². The predicted octanol–water partition coefficient (Wildman–Crippen LogP) is 3.79. The summed E-state index contributed by atoms with van der Waals surface area (Å²) >= 11 is 2.12. The molecular weight excluding hydrogens is 190 g/mol. The average Bonchev–Trinajstić information content (AvgIpc) is 2.36. The van der Waals surface area contributed by atoms with Crippen molar-refractivity contribution in [2.45, 2.75) is 76.0 Å². The molecule has 0 aromatic carbocycles. The summed E-state index contributed by atoms with van der Waals surface area (Å²) in [4.78, 5) is 0. The maximum atomic E-state index is 3.61. The molecule has 84 valence electrons. The molecule has 1 aliphatic rings. The maximum absolute atomic E-state index is 3.61. The van der Waals surface area contributed by atoms with Gasteiger partial charge in [-0.3, -0.25) is 0 Å². The number of thioether (sulfide) groups is 1. The Labute approximate surface area is 93.4 Å². The lowest BCUT2D eigenvalue weighted by molar-refractivity contribution is 0.432. The molecule has 0 bridgehead atoms. The van der Waals surface area contributed by atoms with Crippen LogP contribution in [-0.2, 0) is 0 Å². The minimum absolute atomic E-state index is 0.479. The van der Waals surface area contributed by atoms with Gasteiger partial charge in [-0.2, -0.15) is 0 Å². The van der Waals surface area contributed by atoms with Crippen molar-refractivity contribution in [1.29, 1.82) is 0 Å². The second-order valence-corrected chi connectivity index (χ2v) is 6.65. The Kier molecular flexibility index (Phi) is 4.78. The molecule has 2 heteroatoms. The molecule has 1 fully saturated rings. The summed E-state index contributed by atoms with van der Waals surface area (Å²) in [7, 11) is 0. The summed E-state index contributed by atoms with van der Waals surface area (Å²) in [5, 5.41) is 4.25. The zero-order valence-corrected chi connectivity index (χ0v) is 10.9. The SMILES string of the molecule is CCCCCCC1(C)SC(C)NC1C. The highest BCUT2D eigenvalue weighted by atomic mass is 32.2. The van der Waals surface area contributed by atoms with Gasteiger partial charge in [0.15, 0.2) is 0 Å². The third-order valence-corrected chi connectivity index (χ3v) is 4.96. The van der Waals surface area contributed by atoms with Crippen molar-refractivity contribution in [1.82, 2.24) is 5.32 Å². The van der Waals surface area contributed by atoms with Crippen LogP contribution in [-0.4, -0.2) is 16.2 Å². The van der Waals surface area contributed by atoms with Crippen LogP contribution >= 0.6 is 11.8 Å². The Morgan fingerprint density at radius 2 is 1.93 bits per heavy atom. The van der Waals surface area contributed by atoms with E-state index in [2.05, 4.69) is 44.8 Å². The molecule has 1 heterocycles. The summed E-state index contributed by atoms with van der Waals surface area (Å²) in [5.41, 5.74) is 0. The second kappa shape index (κ2) is 5.41. The first kappa shape index (κ1) is 12.4. The Bertz CT molecular complexity index is 172. The van der Waals surface area contributed by atoms with Crippen LogP contribution in [0.25, 0.3) is 0 Å². The largest absolute Gasteiger partial charge is 0.302 e. The molecule has 0 saturated carbocycles. The second-order valence-electron chi connectivity index (χ2n) is 4.77. The van der Waals surface area contributed by atoms with Gasteiger partial charge in [0.05, 0.1) is 5.37 Å². The van der Waals surface area contributed by atoms with Crippen molar-refractivity contribution in [2.24, 2.45) is 0 Å². The van der Waals surface area contributed by atoms with Crippen molar-refractivity contribution in [3.8, 4) is 0 Å². The van der Waals surface area contributed by atoms with E-state index >= 15 is 0 Å². The summed E-state index contributed by atoms with van der Waals surface area (Å²) in [5.74, 6) is 0. The van der Waals surface area contributed by atoms with E-state index in [1.165, 1.54) is 32.1 Å². The topological polar surface area (TPSA) is 12.0 Å². The van der Waals surface area contributed by atoms with E-state index in [1.807, 2.05) is 0 Å². The van der Waals surface area contributed by atoms with E-state index in [9.17, 15) is 0 Å².